The summed E-state index contributed by atoms with van der Waals surface area (Å²) < 4.78 is 11.3. The average molecular weight is 291 g/mol. The zero-order valence-electron chi connectivity index (χ0n) is 13.8. The Morgan fingerprint density at radius 3 is 2.86 bits per heavy atom. The maximum Gasteiger partial charge on any atom is 0.0865 e. The number of ether oxygens (including phenoxy) is 2. The first-order valence-electron chi connectivity index (χ1n) is 7.94. The van der Waals surface area contributed by atoms with E-state index in [1.807, 2.05) is 0 Å². The number of benzene rings is 1. The van der Waals surface area contributed by atoms with Gasteiger partial charge in [0.25, 0.3) is 0 Å². The quantitative estimate of drug-likeness (QED) is 0.897. The van der Waals surface area contributed by atoms with E-state index in [0.717, 1.165) is 19.6 Å². The molecule has 1 aliphatic heterocycles. The molecule has 3 nitrogen and oxygen atoms in total. The third-order valence-corrected chi connectivity index (χ3v) is 3.93. The highest BCUT2D eigenvalue weighted by Crippen LogP contribution is 2.34. The van der Waals surface area contributed by atoms with Gasteiger partial charge in [-0.2, -0.15) is 0 Å². The molecule has 1 fully saturated rings. The molecule has 1 heterocycles. The van der Waals surface area contributed by atoms with Crippen molar-refractivity contribution >= 4 is 0 Å². The van der Waals surface area contributed by atoms with E-state index in [2.05, 4.69) is 50.4 Å². The first-order chi connectivity index (χ1) is 9.99. The van der Waals surface area contributed by atoms with Gasteiger partial charge in [0.15, 0.2) is 0 Å². The Balaban J connectivity index is 2.08. The molecular formula is C18H29NO2. The van der Waals surface area contributed by atoms with Crippen molar-refractivity contribution in [3.05, 3.63) is 35.4 Å². The van der Waals surface area contributed by atoms with Crippen LogP contribution in [0.25, 0.3) is 0 Å². The topological polar surface area (TPSA) is 30.5 Å². The van der Waals surface area contributed by atoms with E-state index < -0.39 is 0 Å². The van der Waals surface area contributed by atoms with Crippen LogP contribution in [0.2, 0.25) is 0 Å². The van der Waals surface area contributed by atoms with Gasteiger partial charge in [-0.25, -0.2) is 0 Å². The number of rotatable bonds is 5. The second-order valence-electron chi connectivity index (χ2n) is 7.00. The van der Waals surface area contributed by atoms with Crippen LogP contribution in [0.15, 0.2) is 24.3 Å². The third kappa shape index (κ3) is 5.10. The molecule has 2 atom stereocenters. The van der Waals surface area contributed by atoms with Crippen molar-refractivity contribution in [2.75, 3.05) is 20.3 Å². The molecule has 1 aliphatic rings. The minimum absolute atomic E-state index is 0.153. The standard InChI is InChI=1S/C18H29NO2/c1-18(2,3)19-12-16-9-6-10-21-17(16)15-8-5-7-14(11-15)13-20-4/h5,7-8,11,16-17,19H,6,9-10,12-13H2,1-4H3. The smallest absolute Gasteiger partial charge is 0.0865 e. The van der Waals surface area contributed by atoms with Crippen LogP contribution in [0.4, 0.5) is 0 Å². The minimum atomic E-state index is 0.153. The van der Waals surface area contributed by atoms with Crippen LogP contribution in [0.5, 0.6) is 0 Å². The number of nitrogens with one attached hydrogen (secondary N) is 1. The van der Waals surface area contributed by atoms with E-state index in [4.69, 9.17) is 9.47 Å². The van der Waals surface area contributed by atoms with Gasteiger partial charge in [-0.15, -0.1) is 0 Å². The summed E-state index contributed by atoms with van der Waals surface area (Å²) in [5.74, 6) is 0.538. The Kier molecular flexibility index (Phi) is 5.80. The van der Waals surface area contributed by atoms with Gasteiger partial charge < -0.3 is 14.8 Å². The molecule has 0 saturated carbocycles. The summed E-state index contributed by atoms with van der Waals surface area (Å²) in [5, 5.41) is 3.63. The van der Waals surface area contributed by atoms with E-state index in [1.165, 1.54) is 17.5 Å². The van der Waals surface area contributed by atoms with Crippen LogP contribution in [0.3, 0.4) is 0 Å². The minimum Gasteiger partial charge on any atom is -0.380 e. The van der Waals surface area contributed by atoms with Crippen molar-refractivity contribution in [2.45, 2.75) is 51.9 Å². The van der Waals surface area contributed by atoms with Gasteiger partial charge in [0, 0.05) is 31.7 Å². The van der Waals surface area contributed by atoms with Crippen LogP contribution in [0.1, 0.15) is 50.8 Å². The highest BCUT2D eigenvalue weighted by atomic mass is 16.5. The molecule has 118 valence electrons. The van der Waals surface area contributed by atoms with Gasteiger partial charge in [-0.3, -0.25) is 0 Å². The summed E-state index contributed by atoms with van der Waals surface area (Å²) in [6.45, 7) is 9.17. The Morgan fingerprint density at radius 1 is 1.33 bits per heavy atom. The lowest BCUT2D eigenvalue weighted by atomic mass is 9.88. The molecule has 21 heavy (non-hydrogen) atoms. The molecule has 0 aliphatic carbocycles. The summed E-state index contributed by atoms with van der Waals surface area (Å²) >= 11 is 0. The first kappa shape index (κ1) is 16.5. The summed E-state index contributed by atoms with van der Waals surface area (Å²) in [7, 11) is 1.74. The predicted molar refractivity (Wildman–Crippen MR) is 86.3 cm³/mol. The van der Waals surface area contributed by atoms with E-state index in [0.29, 0.717) is 12.5 Å². The summed E-state index contributed by atoms with van der Waals surface area (Å²) in [4.78, 5) is 0. The fraction of sp³-hybridized carbons (Fsp3) is 0.667. The Hall–Kier alpha value is -0.900. The molecule has 0 bridgehead atoms. The number of hydrogen-bond acceptors (Lipinski definition) is 3. The largest absolute Gasteiger partial charge is 0.380 e. The molecule has 0 aromatic heterocycles. The van der Waals surface area contributed by atoms with Gasteiger partial charge in [0.1, 0.15) is 0 Å². The van der Waals surface area contributed by atoms with E-state index >= 15 is 0 Å². The SMILES string of the molecule is COCc1cccc(C2OCCCC2CNC(C)(C)C)c1. The highest BCUT2D eigenvalue weighted by Gasteiger charge is 2.28. The van der Waals surface area contributed by atoms with Crippen molar-refractivity contribution in [1.82, 2.24) is 5.32 Å². The molecule has 1 N–H and O–H groups in total. The number of hydrogen-bond donors (Lipinski definition) is 1. The summed E-state index contributed by atoms with van der Waals surface area (Å²) in [6.07, 6.45) is 2.58. The van der Waals surface area contributed by atoms with E-state index in [1.54, 1.807) is 7.11 Å². The zero-order valence-corrected chi connectivity index (χ0v) is 13.8. The van der Waals surface area contributed by atoms with Crippen LogP contribution in [-0.4, -0.2) is 25.8 Å². The fourth-order valence-corrected chi connectivity index (χ4v) is 2.88. The van der Waals surface area contributed by atoms with Crippen molar-refractivity contribution in [2.24, 2.45) is 5.92 Å². The lowest BCUT2D eigenvalue weighted by molar-refractivity contribution is -0.0293. The van der Waals surface area contributed by atoms with Crippen LogP contribution in [0, 0.1) is 5.92 Å². The molecule has 0 spiro atoms. The van der Waals surface area contributed by atoms with Gasteiger partial charge in [0.2, 0.25) is 0 Å². The van der Waals surface area contributed by atoms with E-state index in [9.17, 15) is 0 Å². The molecule has 1 saturated heterocycles. The maximum atomic E-state index is 6.09. The Labute approximate surface area is 129 Å². The van der Waals surface area contributed by atoms with Crippen LogP contribution >= 0.6 is 0 Å². The van der Waals surface area contributed by atoms with Gasteiger partial charge in [-0.05, 0) is 44.7 Å². The van der Waals surface area contributed by atoms with Gasteiger partial charge >= 0.3 is 0 Å². The molecular weight excluding hydrogens is 262 g/mol. The Bertz CT molecular complexity index is 439. The maximum absolute atomic E-state index is 6.09. The van der Waals surface area contributed by atoms with Crippen LogP contribution < -0.4 is 5.32 Å². The van der Waals surface area contributed by atoms with Crippen molar-refractivity contribution in [1.29, 1.82) is 0 Å². The number of methoxy groups -OCH3 is 1. The lowest BCUT2D eigenvalue weighted by Crippen LogP contribution is -2.41. The normalized spacial score (nSPS) is 23.2. The molecule has 3 heteroatoms. The fourth-order valence-electron chi connectivity index (χ4n) is 2.88. The Morgan fingerprint density at radius 2 is 2.14 bits per heavy atom. The second kappa shape index (κ2) is 7.39. The summed E-state index contributed by atoms with van der Waals surface area (Å²) in [5.41, 5.74) is 2.65. The molecule has 2 rings (SSSR count). The zero-order chi connectivity index (χ0) is 15.3. The van der Waals surface area contributed by atoms with Crippen molar-refractivity contribution in [3.63, 3.8) is 0 Å². The molecule has 0 amide bonds. The van der Waals surface area contributed by atoms with E-state index in [-0.39, 0.29) is 11.6 Å². The lowest BCUT2D eigenvalue weighted by Gasteiger charge is -2.34. The molecule has 2 unspecified atom stereocenters. The van der Waals surface area contributed by atoms with Crippen molar-refractivity contribution < 1.29 is 9.47 Å². The third-order valence-electron chi connectivity index (χ3n) is 3.93. The molecule has 1 aromatic carbocycles. The summed E-state index contributed by atoms with van der Waals surface area (Å²) in [6, 6.07) is 8.62. The molecule has 0 radical (unpaired) electrons. The molecule has 1 aromatic rings. The predicted octanol–water partition coefficient (Wildman–Crippen LogP) is 3.69. The second-order valence-corrected chi connectivity index (χ2v) is 7.00. The average Bonchev–Trinajstić information content (AvgIpc) is 2.45. The van der Waals surface area contributed by atoms with Crippen molar-refractivity contribution in [3.8, 4) is 0 Å². The monoisotopic (exact) mass is 291 g/mol. The van der Waals surface area contributed by atoms with Crippen LogP contribution in [-0.2, 0) is 16.1 Å². The van der Waals surface area contributed by atoms with Gasteiger partial charge in [0.05, 0.1) is 12.7 Å². The highest BCUT2D eigenvalue weighted by molar-refractivity contribution is 5.25. The first-order valence-corrected chi connectivity index (χ1v) is 7.94. The van der Waals surface area contributed by atoms with Gasteiger partial charge in [-0.1, -0.05) is 24.3 Å².